The van der Waals surface area contributed by atoms with Crippen LogP contribution in [0.25, 0.3) is 11.4 Å². The molecular formula is C20H21N3O. The van der Waals surface area contributed by atoms with Gasteiger partial charge in [0.25, 0.3) is 0 Å². The fourth-order valence-electron chi connectivity index (χ4n) is 2.62. The van der Waals surface area contributed by atoms with E-state index in [9.17, 15) is 0 Å². The third kappa shape index (κ3) is 4.18. The van der Waals surface area contributed by atoms with Crippen molar-refractivity contribution in [1.82, 2.24) is 14.9 Å². The van der Waals surface area contributed by atoms with Crippen molar-refractivity contribution < 1.29 is 4.42 Å². The van der Waals surface area contributed by atoms with Crippen LogP contribution in [-0.2, 0) is 13.1 Å². The Bertz CT molecular complexity index is 779. The second kappa shape index (κ2) is 7.70. The molecule has 24 heavy (non-hydrogen) atoms. The van der Waals surface area contributed by atoms with Crippen molar-refractivity contribution in [1.29, 1.82) is 0 Å². The molecule has 4 nitrogen and oxygen atoms in total. The predicted molar refractivity (Wildman–Crippen MR) is 95.2 cm³/mol. The molecule has 2 aromatic heterocycles. The molecule has 0 bridgehead atoms. The molecule has 0 aliphatic rings. The summed E-state index contributed by atoms with van der Waals surface area (Å²) in [6, 6.07) is 12.1. The normalized spacial score (nSPS) is 10.9. The van der Waals surface area contributed by atoms with Crippen LogP contribution in [0.4, 0.5) is 0 Å². The van der Waals surface area contributed by atoms with Gasteiger partial charge in [-0.3, -0.25) is 4.90 Å². The van der Waals surface area contributed by atoms with Gasteiger partial charge in [-0.05, 0) is 25.1 Å². The van der Waals surface area contributed by atoms with E-state index in [0.717, 1.165) is 42.3 Å². The van der Waals surface area contributed by atoms with E-state index >= 15 is 0 Å². The molecular weight excluding hydrogens is 298 g/mol. The first-order valence-electron chi connectivity index (χ1n) is 7.98. The van der Waals surface area contributed by atoms with Crippen molar-refractivity contribution in [3.63, 3.8) is 0 Å². The van der Waals surface area contributed by atoms with Gasteiger partial charge in [0.2, 0.25) is 0 Å². The maximum Gasteiger partial charge on any atom is 0.159 e. The fourth-order valence-corrected chi connectivity index (χ4v) is 2.62. The van der Waals surface area contributed by atoms with Gasteiger partial charge < -0.3 is 4.42 Å². The van der Waals surface area contributed by atoms with Crippen LogP contribution >= 0.6 is 0 Å². The van der Waals surface area contributed by atoms with E-state index in [1.54, 1.807) is 6.26 Å². The summed E-state index contributed by atoms with van der Waals surface area (Å²) in [4.78, 5) is 11.3. The lowest BCUT2D eigenvalue weighted by Crippen LogP contribution is -2.22. The molecule has 0 saturated heterocycles. The van der Waals surface area contributed by atoms with Crippen LogP contribution in [0.15, 0.2) is 72.1 Å². The Balaban J connectivity index is 1.71. The van der Waals surface area contributed by atoms with Crippen molar-refractivity contribution in [3.05, 3.63) is 84.6 Å². The second-order valence-corrected chi connectivity index (χ2v) is 5.82. The highest BCUT2D eigenvalue weighted by Gasteiger charge is 2.09. The smallest absolute Gasteiger partial charge is 0.159 e. The van der Waals surface area contributed by atoms with Crippen LogP contribution in [-0.4, -0.2) is 21.4 Å². The highest BCUT2D eigenvalue weighted by Crippen LogP contribution is 2.16. The average Bonchev–Trinajstić information content (AvgIpc) is 3.09. The standard InChI is InChI=1S/C20H21N3O/c1-3-9-23(15-19-8-5-10-24-19)14-17-12-21-20(22-13-17)18-7-4-6-16(2)11-18/h3-8,10-13H,1,9,14-15H2,2H3. The summed E-state index contributed by atoms with van der Waals surface area (Å²) in [5.74, 6) is 1.69. The van der Waals surface area contributed by atoms with Crippen molar-refractivity contribution in [2.45, 2.75) is 20.0 Å². The first kappa shape index (κ1) is 16.1. The topological polar surface area (TPSA) is 42.2 Å². The minimum absolute atomic E-state index is 0.735. The summed E-state index contributed by atoms with van der Waals surface area (Å²) in [5, 5.41) is 0. The summed E-state index contributed by atoms with van der Waals surface area (Å²) in [6.45, 7) is 8.16. The molecule has 0 aliphatic carbocycles. The molecule has 0 unspecified atom stereocenters. The third-order valence-electron chi connectivity index (χ3n) is 3.73. The summed E-state index contributed by atoms with van der Waals surface area (Å²) in [7, 11) is 0. The average molecular weight is 319 g/mol. The number of hydrogen-bond donors (Lipinski definition) is 0. The zero-order valence-electron chi connectivity index (χ0n) is 13.9. The van der Waals surface area contributed by atoms with Gasteiger partial charge in [-0.2, -0.15) is 0 Å². The van der Waals surface area contributed by atoms with Gasteiger partial charge in [0.15, 0.2) is 5.82 Å². The van der Waals surface area contributed by atoms with Gasteiger partial charge in [0.05, 0.1) is 12.8 Å². The Labute approximate surface area is 142 Å². The molecule has 0 N–H and O–H groups in total. The molecule has 2 heterocycles. The van der Waals surface area contributed by atoms with Crippen molar-refractivity contribution in [3.8, 4) is 11.4 Å². The highest BCUT2D eigenvalue weighted by atomic mass is 16.3. The van der Waals surface area contributed by atoms with Gasteiger partial charge >= 0.3 is 0 Å². The van der Waals surface area contributed by atoms with E-state index < -0.39 is 0 Å². The van der Waals surface area contributed by atoms with Crippen molar-refractivity contribution >= 4 is 0 Å². The van der Waals surface area contributed by atoms with E-state index in [4.69, 9.17) is 4.42 Å². The number of rotatable bonds is 7. The molecule has 0 aliphatic heterocycles. The van der Waals surface area contributed by atoms with Crippen LogP contribution < -0.4 is 0 Å². The molecule has 3 aromatic rings. The first-order valence-corrected chi connectivity index (χ1v) is 7.98. The highest BCUT2D eigenvalue weighted by molar-refractivity contribution is 5.55. The maximum absolute atomic E-state index is 5.43. The van der Waals surface area contributed by atoms with E-state index in [0.29, 0.717) is 0 Å². The Morgan fingerprint density at radius 2 is 1.96 bits per heavy atom. The number of aromatic nitrogens is 2. The molecule has 0 amide bonds. The Kier molecular flexibility index (Phi) is 5.18. The van der Waals surface area contributed by atoms with Crippen molar-refractivity contribution in [2.24, 2.45) is 0 Å². The SMILES string of the molecule is C=CCN(Cc1cnc(-c2cccc(C)c2)nc1)Cc1ccco1. The van der Waals surface area contributed by atoms with Crippen LogP contribution in [0.2, 0.25) is 0 Å². The largest absolute Gasteiger partial charge is 0.468 e. The summed E-state index contributed by atoms with van der Waals surface area (Å²) in [5.41, 5.74) is 3.32. The molecule has 0 saturated carbocycles. The van der Waals surface area contributed by atoms with Gasteiger partial charge in [0, 0.05) is 36.6 Å². The fraction of sp³-hybridized carbons (Fsp3) is 0.200. The zero-order chi connectivity index (χ0) is 16.8. The Morgan fingerprint density at radius 3 is 2.62 bits per heavy atom. The number of aryl methyl sites for hydroxylation is 1. The number of nitrogens with zero attached hydrogens (tertiary/aromatic N) is 3. The number of furan rings is 1. The van der Waals surface area contributed by atoms with Crippen molar-refractivity contribution in [2.75, 3.05) is 6.54 Å². The van der Waals surface area contributed by atoms with Crippen LogP contribution in [0.3, 0.4) is 0 Å². The zero-order valence-corrected chi connectivity index (χ0v) is 13.9. The van der Waals surface area contributed by atoms with E-state index in [1.165, 1.54) is 5.56 Å². The minimum atomic E-state index is 0.735. The molecule has 4 heteroatoms. The molecule has 1 aromatic carbocycles. The third-order valence-corrected chi connectivity index (χ3v) is 3.73. The van der Waals surface area contributed by atoms with Gasteiger partial charge in [-0.15, -0.1) is 6.58 Å². The molecule has 0 fully saturated rings. The molecule has 3 rings (SSSR count). The lowest BCUT2D eigenvalue weighted by Gasteiger charge is -2.19. The summed E-state index contributed by atoms with van der Waals surface area (Å²) >= 11 is 0. The second-order valence-electron chi connectivity index (χ2n) is 5.82. The maximum atomic E-state index is 5.43. The van der Waals surface area contributed by atoms with E-state index in [2.05, 4.69) is 40.5 Å². The minimum Gasteiger partial charge on any atom is -0.468 e. The number of benzene rings is 1. The lowest BCUT2D eigenvalue weighted by atomic mass is 10.1. The molecule has 122 valence electrons. The first-order chi connectivity index (χ1) is 11.7. The quantitative estimate of drug-likeness (QED) is 0.611. The van der Waals surface area contributed by atoms with Crippen LogP contribution in [0.1, 0.15) is 16.9 Å². The van der Waals surface area contributed by atoms with E-state index in [-0.39, 0.29) is 0 Å². The monoisotopic (exact) mass is 319 g/mol. The summed E-state index contributed by atoms with van der Waals surface area (Å²) < 4.78 is 5.43. The number of hydrogen-bond acceptors (Lipinski definition) is 4. The van der Waals surface area contributed by atoms with Crippen LogP contribution in [0, 0.1) is 6.92 Å². The summed E-state index contributed by atoms with van der Waals surface area (Å²) in [6.07, 6.45) is 7.37. The van der Waals surface area contributed by atoms with Gasteiger partial charge in [-0.25, -0.2) is 9.97 Å². The molecule has 0 spiro atoms. The molecule has 0 radical (unpaired) electrons. The molecule has 0 atom stereocenters. The lowest BCUT2D eigenvalue weighted by molar-refractivity contribution is 0.260. The van der Waals surface area contributed by atoms with Crippen LogP contribution in [0.5, 0.6) is 0 Å². The predicted octanol–water partition coefficient (Wildman–Crippen LogP) is 4.23. The Morgan fingerprint density at radius 1 is 1.12 bits per heavy atom. The van der Waals surface area contributed by atoms with E-state index in [1.807, 2.05) is 42.7 Å². The van der Waals surface area contributed by atoms with Gasteiger partial charge in [-0.1, -0.05) is 29.8 Å². The Hall–Kier alpha value is -2.72. The van der Waals surface area contributed by atoms with Gasteiger partial charge in [0.1, 0.15) is 5.76 Å².